The fraction of sp³-hybridized carbons (Fsp3) is 0.769. The monoisotopic (exact) mass is 259 g/mol. The first kappa shape index (κ1) is 17.1. The van der Waals surface area contributed by atoms with Crippen LogP contribution in [0.5, 0.6) is 0 Å². The van der Waals surface area contributed by atoms with Crippen molar-refractivity contribution in [2.24, 2.45) is 0 Å². The van der Waals surface area contributed by atoms with Crippen LogP contribution in [0.2, 0.25) is 0 Å². The molecule has 5 heteroatoms. The van der Waals surface area contributed by atoms with Gasteiger partial charge in [-0.15, -0.1) is 0 Å². The number of methoxy groups -OCH3 is 1. The van der Waals surface area contributed by atoms with E-state index in [0.717, 1.165) is 12.6 Å². The number of rotatable bonds is 8. The third-order valence-corrected chi connectivity index (χ3v) is 2.56. The maximum absolute atomic E-state index is 10.8. The Morgan fingerprint density at radius 3 is 2.28 bits per heavy atom. The van der Waals surface area contributed by atoms with Crippen LogP contribution >= 0.6 is 0 Å². The number of hydrogen-bond donors (Lipinski definition) is 1. The molecule has 1 N–H and O–H groups in total. The summed E-state index contributed by atoms with van der Waals surface area (Å²) >= 11 is 0. The van der Waals surface area contributed by atoms with Crippen LogP contribution in [-0.2, 0) is 14.3 Å². The Morgan fingerprint density at radius 2 is 1.83 bits per heavy atom. The molecule has 0 rings (SSSR count). The Morgan fingerprint density at radius 1 is 1.28 bits per heavy atom. The van der Waals surface area contributed by atoms with E-state index >= 15 is 0 Å². The lowest BCUT2D eigenvalue weighted by Gasteiger charge is -2.30. The third-order valence-electron chi connectivity index (χ3n) is 2.56. The van der Waals surface area contributed by atoms with E-state index in [-0.39, 0.29) is 0 Å². The standard InChI is InChI=1S/C13H25NO4/c1-10(2)14(11(3)4)8-9-18-13(16)7-6-12(15)17-5/h6-7,10-11,13,16H,8-9H2,1-5H3/b7-6+. The maximum atomic E-state index is 10.8. The summed E-state index contributed by atoms with van der Waals surface area (Å²) in [6.07, 6.45) is 1.33. The van der Waals surface area contributed by atoms with Gasteiger partial charge in [-0.05, 0) is 33.8 Å². The molecule has 0 aliphatic heterocycles. The van der Waals surface area contributed by atoms with E-state index in [0.29, 0.717) is 18.7 Å². The minimum atomic E-state index is -1.08. The summed E-state index contributed by atoms with van der Waals surface area (Å²) < 4.78 is 9.59. The van der Waals surface area contributed by atoms with Crippen molar-refractivity contribution in [2.45, 2.75) is 46.1 Å². The van der Waals surface area contributed by atoms with Gasteiger partial charge in [-0.25, -0.2) is 4.79 Å². The molecule has 0 aromatic rings. The fourth-order valence-corrected chi connectivity index (χ4v) is 1.68. The molecule has 5 nitrogen and oxygen atoms in total. The topological polar surface area (TPSA) is 59.0 Å². The van der Waals surface area contributed by atoms with Gasteiger partial charge in [-0.1, -0.05) is 0 Å². The van der Waals surface area contributed by atoms with Gasteiger partial charge in [0.25, 0.3) is 0 Å². The average molecular weight is 259 g/mol. The predicted molar refractivity (Wildman–Crippen MR) is 70.1 cm³/mol. The summed E-state index contributed by atoms with van der Waals surface area (Å²) in [7, 11) is 1.28. The second-order valence-electron chi connectivity index (χ2n) is 4.57. The van der Waals surface area contributed by atoms with Gasteiger partial charge in [0.2, 0.25) is 0 Å². The molecule has 0 aliphatic carbocycles. The number of esters is 1. The molecule has 0 aromatic heterocycles. The fourth-order valence-electron chi connectivity index (χ4n) is 1.68. The van der Waals surface area contributed by atoms with Crippen molar-refractivity contribution in [3.05, 3.63) is 12.2 Å². The number of hydrogen-bond acceptors (Lipinski definition) is 5. The summed E-state index contributed by atoms with van der Waals surface area (Å²) in [5.41, 5.74) is 0. The highest BCUT2D eigenvalue weighted by molar-refractivity contribution is 5.81. The lowest BCUT2D eigenvalue weighted by atomic mass is 10.2. The Labute approximate surface area is 109 Å². The average Bonchev–Trinajstić information content (AvgIpc) is 2.30. The molecule has 0 amide bonds. The van der Waals surface area contributed by atoms with Crippen LogP contribution in [0.15, 0.2) is 12.2 Å². The molecular weight excluding hydrogens is 234 g/mol. The highest BCUT2D eigenvalue weighted by Crippen LogP contribution is 2.04. The first-order valence-corrected chi connectivity index (χ1v) is 6.20. The van der Waals surface area contributed by atoms with Gasteiger partial charge >= 0.3 is 5.97 Å². The van der Waals surface area contributed by atoms with E-state index < -0.39 is 12.3 Å². The zero-order chi connectivity index (χ0) is 14.1. The minimum Gasteiger partial charge on any atom is -0.466 e. The molecule has 1 atom stereocenters. The first-order valence-electron chi connectivity index (χ1n) is 6.20. The number of ether oxygens (including phenoxy) is 2. The van der Waals surface area contributed by atoms with Crippen LogP contribution in [0.3, 0.4) is 0 Å². The minimum absolute atomic E-state index is 0.406. The van der Waals surface area contributed by atoms with Crippen molar-refractivity contribution in [1.29, 1.82) is 0 Å². The van der Waals surface area contributed by atoms with Crippen LogP contribution in [0.4, 0.5) is 0 Å². The SMILES string of the molecule is COC(=O)/C=C/C(O)OCCN(C(C)C)C(C)C. The second kappa shape index (κ2) is 9.08. The molecule has 0 bridgehead atoms. The Kier molecular flexibility index (Phi) is 8.62. The van der Waals surface area contributed by atoms with Gasteiger partial charge in [0.05, 0.1) is 13.7 Å². The Balaban J connectivity index is 3.95. The smallest absolute Gasteiger partial charge is 0.330 e. The molecule has 0 fully saturated rings. The lowest BCUT2D eigenvalue weighted by Crippen LogP contribution is -2.39. The van der Waals surface area contributed by atoms with Crippen molar-refractivity contribution < 1.29 is 19.4 Å². The Hall–Kier alpha value is -0.910. The summed E-state index contributed by atoms with van der Waals surface area (Å²) in [6.45, 7) is 9.61. The number of aliphatic hydroxyl groups excluding tert-OH is 1. The molecule has 0 aromatic carbocycles. The Bertz CT molecular complexity index is 256. The number of carbonyl (C=O) groups is 1. The van der Waals surface area contributed by atoms with Crippen LogP contribution in [0.25, 0.3) is 0 Å². The molecule has 0 spiro atoms. The quantitative estimate of drug-likeness (QED) is 0.403. The van der Waals surface area contributed by atoms with Gasteiger partial charge in [0.15, 0.2) is 6.29 Å². The van der Waals surface area contributed by atoms with Gasteiger partial charge < -0.3 is 14.6 Å². The largest absolute Gasteiger partial charge is 0.466 e. The number of aliphatic hydroxyl groups is 1. The van der Waals surface area contributed by atoms with Crippen molar-refractivity contribution in [2.75, 3.05) is 20.3 Å². The second-order valence-corrected chi connectivity index (χ2v) is 4.57. The molecule has 1 unspecified atom stereocenters. The highest BCUT2D eigenvalue weighted by atomic mass is 16.6. The lowest BCUT2D eigenvalue weighted by molar-refractivity contribution is -0.135. The molecular formula is C13H25NO4. The van der Waals surface area contributed by atoms with Gasteiger partial charge in [-0.2, -0.15) is 0 Å². The number of nitrogens with zero attached hydrogens (tertiary/aromatic N) is 1. The summed E-state index contributed by atoms with van der Waals surface area (Å²) in [5.74, 6) is -0.511. The molecule has 18 heavy (non-hydrogen) atoms. The van der Waals surface area contributed by atoms with E-state index in [9.17, 15) is 9.90 Å². The summed E-state index contributed by atoms with van der Waals surface area (Å²) in [4.78, 5) is 13.1. The normalized spacial score (nSPS) is 13.8. The van der Waals surface area contributed by atoms with Gasteiger partial charge in [0.1, 0.15) is 0 Å². The van der Waals surface area contributed by atoms with Crippen LogP contribution < -0.4 is 0 Å². The maximum Gasteiger partial charge on any atom is 0.330 e. The molecule has 0 aliphatic rings. The predicted octanol–water partition coefficient (Wildman–Crippen LogP) is 1.17. The molecule has 106 valence electrons. The van der Waals surface area contributed by atoms with Crippen molar-refractivity contribution >= 4 is 5.97 Å². The van der Waals surface area contributed by atoms with Gasteiger partial charge in [0, 0.05) is 24.7 Å². The van der Waals surface area contributed by atoms with E-state index in [1.54, 1.807) is 0 Å². The molecule has 0 heterocycles. The first-order chi connectivity index (χ1) is 8.38. The van der Waals surface area contributed by atoms with E-state index in [1.807, 2.05) is 0 Å². The zero-order valence-electron chi connectivity index (χ0n) is 11.9. The zero-order valence-corrected chi connectivity index (χ0v) is 11.9. The van der Waals surface area contributed by atoms with Crippen molar-refractivity contribution in [3.8, 4) is 0 Å². The van der Waals surface area contributed by atoms with Crippen molar-refractivity contribution in [1.82, 2.24) is 4.90 Å². The van der Waals surface area contributed by atoms with E-state index in [4.69, 9.17) is 4.74 Å². The van der Waals surface area contributed by atoms with Crippen molar-refractivity contribution in [3.63, 3.8) is 0 Å². The van der Waals surface area contributed by atoms with Crippen LogP contribution in [-0.4, -0.2) is 54.6 Å². The number of carbonyl (C=O) groups excluding carboxylic acids is 1. The third kappa shape index (κ3) is 7.42. The summed E-state index contributed by atoms with van der Waals surface area (Å²) in [6, 6.07) is 0.854. The van der Waals surface area contributed by atoms with Crippen LogP contribution in [0, 0.1) is 0 Å². The van der Waals surface area contributed by atoms with E-state index in [2.05, 4.69) is 37.3 Å². The highest BCUT2D eigenvalue weighted by Gasteiger charge is 2.13. The summed E-state index contributed by atoms with van der Waals surface area (Å²) in [5, 5.41) is 9.45. The molecule has 0 saturated carbocycles. The van der Waals surface area contributed by atoms with Gasteiger partial charge in [-0.3, -0.25) is 4.90 Å². The molecule has 0 saturated heterocycles. The molecule has 0 radical (unpaired) electrons. The van der Waals surface area contributed by atoms with Crippen LogP contribution in [0.1, 0.15) is 27.7 Å². The van der Waals surface area contributed by atoms with E-state index in [1.165, 1.54) is 13.2 Å².